The Hall–Kier alpha value is -3.49. The largest absolute Gasteiger partial charge is 0.393 e. The fourth-order valence-corrected chi connectivity index (χ4v) is 4.42. The lowest BCUT2D eigenvalue weighted by molar-refractivity contribution is 0.0558. The third-order valence-electron chi connectivity index (χ3n) is 6.02. The molecule has 4 aromatic rings. The minimum Gasteiger partial charge on any atom is -0.393 e. The summed E-state index contributed by atoms with van der Waals surface area (Å²) in [6.07, 6.45) is 0.723. The second kappa shape index (κ2) is 9.04. The molecule has 0 unspecified atom stereocenters. The number of aliphatic hydroxyl groups is 1. The monoisotopic (exact) mass is 477 g/mol. The zero-order chi connectivity index (χ0) is 23.8. The molecule has 0 bridgehead atoms. The van der Waals surface area contributed by atoms with Gasteiger partial charge in [0, 0.05) is 28.6 Å². The Kier molecular flexibility index (Phi) is 5.93. The number of carbonyl (C=O) groups is 1. The van der Waals surface area contributed by atoms with E-state index in [1.807, 2.05) is 56.3 Å². The van der Waals surface area contributed by atoms with E-state index in [0.717, 1.165) is 33.5 Å². The Morgan fingerprint density at radius 2 is 2.00 bits per heavy atom. The van der Waals surface area contributed by atoms with Crippen molar-refractivity contribution < 1.29 is 14.4 Å². The molecule has 0 atom stereocenters. The Balaban J connectivity index is 1.53. The highest BCUT2D eigenvalue weighted by molar-refractivity contribution is 6.30. The molecule has 1 amide bonds. The SMILES string of the molecule is Cc1noc(C)c1-c1ccc2nc(C(=O)N[C@H]3C[C@H](O)C3)nc(NCc3cccc(Cl)c3)c2c1. The number of anilines is 1. The highest BCUT2D eigenvalue weighted by Crippen LogP contribution is 2.32. The number of rotatable bonds is 6. The molecule has 0 spiro atoms. The van der Waals surface area contributed by atoms with Crippen molar-refractivity contribution in [3.05, 3.63) is 70.3 Å². The van der Waals surface area contributed by atoms with Gasteiger partial charge in [0.15, 0.2) is 0 Å². The van der Waals surface area contributed by atoms with Crippen LogP contribution in [0.1, 0.15) is 40.5 Å². The molecule has 9 heteroatoms. The van der Waals surface area contributed by atoms with Crippen LogP contribution in [-0.4, -0.2) is 38.3 Å². The van der Waals surface area contributed by atoms with Crippen LogP contribution in [0, 0.1) is 13.8 Å². The number of fused-ring (bicyclic) bond motifs is 1. The number of benzene rings is 2. The topological polar surface area (TPSA) is 113 Å². The normalized spacial score (nSPS) is 17.4. The molecule has 174 valence electrons. The summed E-state index contributed by atoms with van der Waals surface area (Å²) in [6, 6.07) is 13.3. The van der Waals surface area contributed by atoms with Crippen molar-refractivity contribution in [3.63, 3.8) is 0 Å². The average Bonchev–Trinajstić information content (AvgIpc) is 3.13. The van der Waals surface area contributed by atoms with Crippen LogP contribution in [0.4, 0.5) is 5.82 Å². The summed E-state index contributed by atoms with van der Waals surface area (Å²) >= 11 is 6.13. The molecule has 2 aromatic carbocycles. The molecule has 0 radical (unpaired) electrons. The molecule has 1 fully saturated rings. The van der Waals surface area contributed by atoms with Crippen molar-refractivity contribution in [1.29, 1.82) is 0 Å². The van der Waals surface area contributed by atoms with Crippen LogP contribution < -0.4 is 10.6 Å². The lowest BCUT2D eigenvalue weighted by Gasteiger charge is -2.31. The van der Waals surface area contributed by atoms with Crippen LogP contribution in [0.5, 0.6) is 0 Å². The summed E-state index contributed by atoms with van der Waals surface area (Å²) in [5.74, 6) is 0.981. The van der Waals surface area contributed by atoms with Crippen molar-refractivity contribution in [2.24, 2.45) is 0 Å². The molecule has 2 aromatic heterocycles. The van der Waals surface area contributed by atoms with E-state index in [-0.39, 0.29) is 23.9 Å². The van der Waals surface area contributed by atoms with Gasteiger partial charge in [0.05, 0.1) is 17.3 Å². The molecular formula is C25H24ClN5O3. The number of halogens is 1. The predicted molar refractivity (Wildman–Crippen MR) is 130 cm³/mol. The maximum Gasteiger partial charge on any atom is 0.289 e. The second-order valence-corrected chi connectivity index (χ2v) is 9.04. The van der Waals surface area contributed by atoms with E-state index in [4.69, 9.17) is 16.1 Å². The lowest BCUT2D eigenvalue weighted by Crippen LogP contribution is -2.47. The van der Waals surface area contributed by atoms with E-state index in [1.165, 1.54) is 0 Å². The Morgan fingerprint density at radius 1 is 1.18 bits per heavy atom. The molecule has 5 rings (SSSR count). The Labute approximate surface area is 201 Å². The molecule has 1 aliphatic carbocycles. The number of aryl methyl sites for hydroxylation is 2. The zero-order valence-corrected chi connectivity index (χ0v) is 19.6. The summed E-state index contributed by atoms with van der Waals surface area (Å²) in [5.41, 5.74) is 4.27. The van der Waals surface area contributed by atoms with Crippen molar-refractivity contribution in [2.45, 2.75) is 45.4 Å². The van der Waals surface area contributed by atoms with Crippen LogP contribution >= 0.6 is 11.6 Å². The first-order valence-corrected chi connectivity index (χ1v) is 11.5. The fourth-order valence-electron chi connectivity index (χ4n) is 4.20. The van der Waals surface area contributed by atoms with Crippen molar-refractivity contribution in [1.82, 2.24) is 20.4 Å². The maximum absolute atomic E-state index is 12.8. The van der Waals surface area contributed by atoms with Crippen LogP contribution in [0.2, 0.25) is 5.02 Å². The minimum absolute atomic E-state index is 0.0633. The smallest absolute Gasteiger partial charge is 0.289 e. The summed E-state index contributed by atoms with van der Waals surface area (Å²) in [4.78, 5) is 21.9. The summed E-state index contributed by atoms with van der Waals surface area (Å²) in [7, 11) is 0. The van der Waals surface area contributed by atoms with Gasteiger partial charge in [-0.05, 0) is 62.1 Å². The van der Waals surface area contributed by atoms with Crippen LogP contribution in [0.3, 0.4) is 0 Å². The van der Waals surface area contributed by atoms with Crippen molar-refractivity contribution in [2.75, 3.05) is 5.32 Å². The minimum atomic E-state index is -0.362. The molecule has 0 aliphatic heterocycles. The first-order chi connectivity index (χ1) is 16.4. The summed E-state index contributed by atoms with van der Waals surface area (Å²) in [5, 5.41) is 21.2. The summed E-state index contributed by atoms with van der Waals surface area (Å²) < 4.78 is 5.34. The number of amides is 1. The highest BCUT2D eigenvalue weighted by atomic mass is 35.5. The van der Waals surface area contributed by atoms with E-state index in [9.17, 15) is 9.90 Å². The van der Waals surface area contributed by atoms with Gasteiger partial charge >= 0.3 is 0 Å². The summed E-state index contributed by atoms with van der Waals surface area (Å²) in [6.45, 7) is 4.24. The van der Waals surface area contributed by atoms with Gasteiger partial charge in [-0.2, -0.15) is 0 Å². The van der Waals surface area contributed by atoms with Gasteiger partial charge in [0.25, 0.3) is 5.91 Å². The third-order valence-corrected chi connectivity index (χ3v) is 6.25. The first-order valence-electron chi connectivity index (χ1n) is 11.1. The third kappa shape index (κ3) is 4.47. The zero-order valence-electron chi connectivity index (χ0n) is 18.8. The number of aliphatic hydroxyl groups excluding tert-OH is 1. The maximum atomic E-state index is 12.8. The molecule has 1 aliphatic rings. The quantitative estimate of drug-likeness (QED) is 0.376. The van der Waals surface area contributed by atoms with Crippen LogP contribution in [0.25, 0.3) is 22.0 Å². The van der Waals surface area contributed by atoms with Crippen LogP contribution in [0.15, 0.2) is 47.0 Å². The van der Waals surface area contributed by atoms with E-state index in [0.29, 0.717) is 35.7 Å². The van der Waals surface area contributed by atoms with Gasteiger partial charge in [-0.25, -0.2) is 9.97 Å². The number of aromatic nitrogens is 3. The number of nitrogens with one attached hydrogen (secondary N) is 2. The molecule has 3 N–H and O–H groups in total. The van der Waals surface area contributed by atoms with Gasteiger partial charge in [0.1, 0.15) is 11.6 Å². The molecule has 1 saturated carbocycles. The lowest BCUT2D eigenvalue weighted by atomic mass is 9.89. The average molecular weight is 478 g/mol. The molecule has 2 heterocycles. The standard InChI is InChI=1S/C25H24ClN5O3/c1-13-22(14(2)34-31-13)16-6-7-21-20(9-16)23(27-12-15-4-3-5-17(26)8-15)30-24(29-21)25(33)28-18-10-19(32)11-18/h3-9,18-19,32H,10-12H2,1-2H3,(H,28,33)(H,27,29,30)/t18-,19-. The Bertz CT molecular complexity index is 1360. The van der Waals surface area contributed by atoms with Gasteiger partial charge in [0.2, 0.25) is 5.82 Å². The number of hydrogen-bond donors (Lipinski definition) is 3. The number of carbonyl (C=O) groups excluding carboxylic acids is 1. The van der Waals surface area contributed by atoms with Gasteiger partial charge in [-0.1, -0.05) is 35.0 Å². The van der Waals surface area contributed by atoms with Crippen LogP contribution in [-0.2, 0) is 6.54 Å². The number of hydrogen-bond acceptors (Lipinski definition) is 7. The molecule has 0 saturated heterocycles. The van der Waals surface area contributed by atoms with Gasteiger partial charge < -0.3 is 20.3 Å². The number of nitrogens with zero attached hydrogens (tertiary/aromatic N) is 3. The van der Waals surface area contributed by atoms with Gasteiger partial charge in [-0.3, -0.25) is 4.79 Å². The fraction of sp³-hybridized carbons (Fsp3) is 0.280. The predicted octanol–water partition coefficient (Wildman–Crippen LogP) is 4.42. The highest BCUT2D eigenvalue weighted by Gasteiger charge is 2.29. The van der Waals surface area contributed by atoms with E-state index in [1.54, 1.807) is 0 Å². The Morgan fingerprint density at radius 3 is 2.71 bits per heavy atom. The molecular weight excluding hydrogens is 454 g/mol. The second-order valence-electron chi connectivity index (χ2n) is 8.61. The van der Waals surface area contributed by atoms with Gasteiger partial charge in [-0.15, -0.1) is 0 Å². The first kappa shape index (κ1) is 22.3. The van der Waals surface area contributed by atoms with E-state index < -0.39 is 0 Å². The molecule has 8 nitrogen and oxygen atoms in total. The van der Waals surface area contributed by atoms with Crippen molar-refractivity contribution >= 4 is 34.2 Å². The molecule has 34 heavy (non-hydrogen) atoms. The van der Waals surface area contributed by atoms with E-state index in [2.05, 4.69) is 25.8 Å². The van der Waals surface area contributed by atoms with Crippen molar-refractivity contribution in [3.8, 4) is 11.1 Å². The van der Waals surface area contributed by atoms with E-state index >= 15 is 0 Å².